The molecule has 1 aliphatic carbocycles. The van der Waals surface area contributed by atoms with E-state index in [9.17, 15) is 5.26 Å². The number of hydrogen-bond donors (Lipinski definition) is 0. The predicted molar refractivity (Wildman–Crippen MR) is 245 cm³/mol. The molecule has 0 spiro atoms. The second-order valence-corrected chi connectivity index (χ2v) is 15.4. The van der Waals surface area contributed by atoms with E-state index in [0.717, 1.165) is 61.5 Å². The maximum Gasteiger partial charge on any atom is 0.145 e. The number of imidazole rings is 1. The van der Waals surface area contributed by atoms with Crippen molar-refractivity contribution in [1.82, 2.24) is 9.55 Å². The lowest BCUT2D eigenvalue weighted by atomic mass is 9.67. The number of rotatable bonds is 7. The van der Waals surface area contributed by atoms with Gasteiger partial charge in [-0.15, -0.1) is 0 Å². The third-order valence-electron chi connectivity index (χ3n) is 12.2. The Balaban J connectivity index is 1.13. The molecule has 0 N–H and O–H groups in total. The molecule has 1 aliphatic rings. The van der Waals surface area contributed by atoms with E-state index in [0.29, 0.717) is 5.56 Å². The molecule has 0 bridgehead atoms. The van der Waals surface area contributed by atoms with Crippen molar-refractivity contribution in [2.24, 2.45) is 0 Å². The van der Waals surface area contributed by atoms with Crippen molar-refractivity contribution in [1.29, 1.82) is 5.26 Å². The zero-order valence-corrected chi connectivity index (χ0v) is 32.7. The fraction of sp³-hybridized carbons (Fsp3) is 0.0175. The van der Waals surface area contributed by atoms with E-state index >= 15 is 0 Å². The van der Waals surface area contributed by atoms with Gasteiger partial charge in [-0.25, -0.2) is 4.98 Å². The predicted octanol–water partition coefficient (Wildman–Crippen LogP) is 13.9. The van der Waals surface area contributed by atoms with E-state index in [-0.39, 0.29) is 0 Å². The van der Waals surface area contributed by atoms with Crippen LogP contribution in [0, 0.1) is 11.3 Å². The smallest absolute Gasteiger partial charge is 0.145 e. The van der Waals surface area contributed by atoms with E-state index in [4.69, 9.17) is 4.98 Å². The lowest BCUT2D eigenvalue weighted by Crippen LogP contribution is -2.28. The summed E-state index contributed by atoms with van der Waals surface area (Å²) in [5.41, 5.74) is 18.6. The average molecular weight is 764 g/mol. The normalized spacial score (nSPS) is 12.4. The van der Waals surface area contributed by atoms with Crippen LogP contribution >= 0.6 is 0 Å². The van der Waals surface area contributed by atoms with E-state index in [1.807, 2.05) is 36.4 Å². The Labute approximate surface area is 349 Å². The van der Waals surface area contributed by atoms with Crippen LogP contribution in [0.4, 0.5) is 0 Å². The van der Waals surface area contributed by atoms with Crippen molar-refractivity contribution >= 4 is 11.0 Å². The summed E-state index contributed by atoms with van der Waals surface area (Å²) < 4.78 is 2.25. The lowest BCUT2D eigenvalue weighted by Gasteiger charge is -2.34. The van der Waals surface area contributed by atoms with E-state index in [2.05, 4.69) is 199 Å². The van der Waals surface area contributed by atoms with Crippen LogP contribution in [0.2, 0.25) is 0 Å². The largest absolute Gasteiger partial charge is 0.292 e. The standard InChI is InChI=1S/C57H37N3/c58-38-39-24-26-40(27-25-39)41-28-30-43(31-29-41)50-37-53-51(48-20-10-11-21-52(48)57(53,45-14-4-1-5-15-45)46-16-6-2-7-17-46)36-49(50)42-32-34-44(35-33-42)56-59-54-22-12-13-23-55(54)60(56)47-18-8-3-9-19-47/h1-37H. The molecule has 0 fully saturated rings. The zero-order chi connectivity index (χ0) is 40.0. The first-order valence-electron chi connectivity index (χ1n) is 20.3. The molecule has 60 heavy (non-hydrogen) atoms. The molecule has 0 amide bonds. The fourth-order valence-electron chi connectivity index (χ4n) is 9.40. The van der Waals surface area contributed by atoms with E-state index in [1.54, 1.807) is 0 Å². The summed E-state index contributed by atoms with van der Waals surface area (Å²) in [6.45, 7) is 0. The molecule has 1 aromatic heterocycles. The highest BCUT2D eigenvalue weighted by Gasteiger charge is 2.46. The number of nitriles is 1. The highest BCUT2D eigenvalue weighted by Crippen LogP contribution is 2.58. The van der Waals surface area contributed by atoms with E-state index in [1.165, 1.54) is 33.4 Å². The van der Waals surface area contributed by atoms with Crippen molar-refractivity contribution in [3.8, 4) is 67.7 Å². The number of hydrogen-bond acceptors (Lipinski definition) is 2. The highest BCUT2D eigenvalue weighted by molar-refractivity contribution is 5.95. The van der Waals surface area contributed by atoms with Crippen molar-refractivity contribution in [3.63, 3.8) is 0 Å². The molecule has 9 aromatic carbocycles. The van der Waals surface area contributed by atoms with Gasteiger partial charge in [-0.3, -0.25) is 4.57 Å². The summed E-state index contributed by atoms with van der Waals surface area (Å²) >= 11 is 0. The van der Waals surface area contributed by atoms with Crippen molar-refractivity contribution < 1.29 is 0 Å². The zero-order valence-electron chi connectivity index (χ0n) is 32.7. The fourth-order valence-corrected chi connectivity index (χ4v) is 9.40. The molecule has 10 aromatic rings. The summed E-state index contributed by atoms with van der Waals surface area (Å²) in [6, 6.07) is 82.5. The van der Waals surface area contributed by atoms with Gasteiger partial charge in [-0.1, -0.05) is 176 Å². The van der Waals surface area contributed by atoms with Crippen LogP contribution < -0.4 is 0 Å². The van der Waals surface area contributed by atoms with Crippen LogP contribution in [-0.4, -0.2) is 9.55 Å². The molecule has 0 saturated carbocycles. The van der Waals surface area contributed by atoms with E-state index < -0.39 is 5.41 Å². The molecule has 0 saturated heterocycles. The van der Waals surface area contributed by atoms with Gasteiger partial charge in [0, 0.05) is 11.3 Å². The first-order chi connectivity index (χ1) is 29.7. The third kappa shape index (κ3) is 5.62. The van der Waals surface area contributed by atoms with Crippen LogP contribution in [0.3, 0.4) is 0 Å². The molecule has 1 heterocycles. The van der Waals surface area contributed by atoms with Gasteiger partial charge < -0.3 is 0 Å². The van der Waals surface area contributed by atoms with Crippen LogP contribution in [0.15, 0.2) is 224 Å². The third-order valence-corrected chi connectivity index (χ3v) is 12.2. The second-order valence-electron chi connectivity index (χ2n) is 15.4. The highest BCUT2D eigenvalue weighted by atomic mass is 15.1. The molecule has 280 valence electrons. The summed E-state index contributed by atoms with van der Waals surface area (Å²) in [5, 5.41) is 9.40. The van der Waals surface area contributed by atoms with Crippen molar-refractivity contribution in [3.05, 3.63) is 252 Å². The van der Waals surface area contributed by atoms with Gasteiger partial charge in [0.2, 0.25) is 0 Å². The Bertz CT molecular complexity index is 3170. The van der Waals surface area contributed by atoms with Gasteiger partial charge in [0.1, 0.15) is 5.82 Å². The number of fused-ring (bicyclic) bond motifs is 4. The van der Waals surface area contributed by atoms with Crippen LogP contribution in [0.5, 0.6) is 0 Å². The maximum absolute atomic E-state index is 9.40. The summed E-state index contributed by atoms with van der Waals surface area (Å²) in [5.74, 6) is 0.908. The van der Waals surface area contributed by atoms with Gasteiger partial charge in [0.05, 0.1) is 28.1 Å². The Hall–Kier alpha value is -8.06. The Kier molecular flexibility index (Phi) is 8.43. The first-order valence-corrected chi connectivity index (χ1v) is 20.3. The number of aromatic nitrogens is 2. The minimum Gasteiger partial charge on any atom is -0.292 e. The molecule has 3 nitrogen and oxygen atoms in total. The molecule has 0 radical (unpaired) electrons. The lowest BCUT2D eigenvalue weighted by molar-refractivity contribution is 0.769. The average Bonchev–Trinajstić information content (AvgIpc) is 3.86. The Morgan fingerprint density at radius 2 is 0.900 bits per heavy atom. The molecular weight excluding hydrogens is 727 g/mol. The topological polar surface area (TPSA) is 41.6 Å². The van der Waals surface area contributed by atoms with Crippen LogP contribution in [0.1, 0.15) is 27.8 Å². The molecule has 3 heteroatoms. The maximum atomic E-state index is 9.40. The van der Waals surface area contributed by atoms with Gasteiger partial charge >= 0.3 is 0 Å². The molecule has 0 atom stereocenters. The van der Waals surface area contributed by atoms with Gasteiger partial charge in [-0.2, -0.15) is 5.26 Å². The molecule has 11 rings (SSSR count). The second kappa shape index (κ2) is 14.4. The van der Waals surface area contributed by atoms with Crippen LogP contribution in [0.25, 0.3) is 72.6 Å². The van der Waals surface area contributed by atoms with Crippen molar-refractivity contribution in [2.75, 3.05) is 0 Å². The summed E-state index contributed by atoms with van der Waals surface area (Å²) in [6.07, 6.45) is 0. The Morgan fingerprint density at radius 3 is 1.53 bits per heavy atom. The summed E-state index contributed by atoms with van der Waals surface area (Å²) in [7, 11) is 0. The SMILES string of the molecule is N#Cc1ccc(-c2ccc(-c3cc4c(cc3-c3ccc(-c5nc6ccccc6n5-c5ccccc5)cc3)-c3ccccc3C4(c3ccccc3)c3ccccc3)cc2)cc1. The van der Waals surface area contributed by atoms with Gasteiger partial charge in [0.15, 0.2) is 0 Å². The number of benzene rings is 9. The molecular formula is C57H37N3. The van der Waals surface area contributed by atoms with Crippen molar-refractivity contribution in [2.45, 2.75) is 5.41 Å². The first kappa shape index (κ1) is 35.1. The van der Waals surface area contributed by atoms with Gasteiger partial charge in [-0.05, 0) is 115 Å². The minimum absolute atomic E-state index is 0.523. The van der Waals surface area contributed by atoms with Crippen LogP contribution in [-0.2, 0) is 5.41 Å². The number of para-hydroxylation sites is 3. The van der Waals surface area contributed by atoms with Gasteiger partial charge in [0.25, 0.3) is 0 Å². The molecule has 0 unspecified atom stereocenters. The Morgan fingerprint density at radius 1 is 0.400 bits per heavy atom. The number of nitrogens with zero attached hydrogens (tertiary/aromatic N) is 3. The monoisotopic (exact) mass is 763 g/mol. The quantitative estimate of drug-likeness (QED) is 0.162. The summed E-state index contributed by atoms with van der Waals surface area (Å²) in [4.78, 5) is 5.16. The molecule has 0 aliphatic heterocycles. The minimum atomic E-state index is -0.523.